The lowest BCUT2D eigenvalue weighted by Crippen LogP contribution is -2.62. The Balaban J connectivity index is 1.81. The SMILES string of the molecule is CO[C@@H]1[C@H](O)[C@@H](O)[C@H](c2ccc3c(O)c(C(O)=Cc4ccccn4)c(=O)oc3c2C)O[C@]1(C)CO. The number of aromatic nitrogens is 1. The summed E-state index contributed by atoms with van der Waals surface area (Å²) in [5.41, 5.74) is -1.60. The van der Waals surface area contributed by atoms with Gasteiger partial charge in [-0.1, -0.05) is 12.1 Å². The summed E-state index contributed by atoms with van der Waals surface area (Å²) < 4.78 is 16.7. The number of fused-ring (bicyclic) bond motifs is 1. The maximum absolute atomic E-state index is 12.8. The smallest absolute Gasteiger partial charge is 0.351 e. The van der Waals surface area contributed by atoms with E-state index in [4.69, 9.17) is 13.9 Å². The van der Waals surface area contributed by atoms with E-state index in [1.54, 1.807) is 38.1 Å². The van der Waals surface area contributed by atoms with E-state index in [1.807, 2.05) is 0 Å². The number of ether oxygens (including phenoxy) is 2. The summed E-state index contributed by atoms with van der Waals surface area (Å²) in [5, 5.41) is 52.8. The number of aliphatic hydroxyl groups is 4. The standard InChI is InChI=1S/C25H27NO9/c1-12-14(22-19(30)20(31)23(33-3)25(2,11-27)35-22)7-8-15-18(29)17(24(32)34-21(12)15)16(28)10-13-6-4-5-9-26-13/h4-10,19-20,22-23,27-31H,11H2,1-3H3/t19-,20-,22+,23-,25-/m1/s1. The highest BCUT2D eigenvalue weighted by atomic mass is 16.6. The van der Waals surface area contributed by atoms with Gasteiger partial charge in [0, 0.05) is 19.4 Å². The molecule has 0 radical (unpaired) electrons. The van der Waals surface area contributed by atoms with Gasteiger partial charge < -0.3 is 39.4 Å². The van der Waals surface area contributed by atoms with Crippen LogP contribution in [0, 0.1) is 6.92 Å². The second kappa shape index (κ2) is 9.40. The quantitative estimate of drug-likeness (QED) is 0.266. The lowest BCUT2D eigenvalue weighted by atomic mass is 9.83. The summed E-state index contributed by atoms with van der Waals surface area (Å²) in [6, 6.07) is 8.02. The number of nitrogens with zero attached hydrogens (tertiary/aromatic N) is 1. The zero-order valence-electron chi connectivity index (χ0n) is 19.4. The third-order valence-corrected chi connectivity index (χ3v) is 6.41. The molecule has 1 saturated heterocycles. The van der Waals surface area contributed by atoms with Crippen molar-refractivity contribution in [3.8, 4) is 5.75 Å². The molecule has 0 spiro atoms. The van der Waals surface area contributed by atoms with Crippen molar-refractivity contribution >= 4 is 22.8 Å². The molecule has 0 unspecified atom stereocenters. The Kier molecular flexibility index (Phi) is 6.67. The largest absolute Gasteiger partial charge is 0.507 e. The molecule has 35 heavy (non-hydrogen) atoms. The molecule has 10 heteroatoms. The van der Waals surface area contributed by atoms with Crippen molar-refractivity contribution in [1.29, 1.82) is 0 Å². The normalized spacial score (nSPS) is 27.3. The number of benzene rings is 1. The van der Waals surface area contributed by atoms with Gasteiger partial charge in [0.1, 0.15) is 52.7 Å². The summed E-state index contributed by atoms with van der Waals surface area (Å²) >= 11 is 0. The molecule has 3 aromatic rings. The van der Waals surface area contributed by atoms with Crippen molar-refractivity contribution in [3.05, 3.63) is 69.3 Å². The third kappa shape index (κ3) is 4.19. The number of pyridine rings is 1. The molecule has 10 nitrogen and oxygen atoms in total. The maximum atomic E-state index is 12.8. The van der Waals surface area contributed by atoms with E-state index >= 15 is 0 Å². The molecule has 0 bridgehead atoms. The van der Waals surface area contributed by atoms with E-state index in [9.17, 15) is 30.3 Å². The number of aryl methyl sites for hydroxylation is 1. The fraction of sp³-hybridized carbons (Fsp3) is 0.360. The number of aliphatic hydroxyl groups excluding tert-OH is 4. The highest BCUT2D eigenvalue weighted by Gasteiger charge is 2.52. The molecule has 5 N–H and O–H groups in total. The van der Waals surface area contributed by atoms with Crippen LogP contribution in [0.3, 0.4) is 0 Å². The first kappa shape index (κ1) is 24.8. The molecule has 3 heterocycles. The Morgan fingerprint density at radius 3 is 2.60 bits per heavy atom. The predicted molar refractivity (Wildman–Crippen MR) is 126 cm³/mol. The second-order valence-corrected chi connectivity index (χ2v) is 8.70. The van der Waals surface area contributed by atoms with Crippen LogP contribution in [0.15, 0.2) is 45.7 Å². The number of methoxy groups -OCH3 is 1. The maximum Gasteiger partial charge on any atom is 0.351 e. The Bertz CT molecular complexity index is 1320. The lowest BCUT2D eigenvalue weighted by Gasteiger charge is -2.48. The molecule has 4 rings (SSSR count). The lowest BCUT2D eigenvalue weighted by molar-refractivity contribution is -0.279. The zero-order chi connectivity index (χ0) is 25.5. The van der Waals surface area contributed by atoms with Crippen LogP contribution in [0.1, 0.15) is 35.4 Å². The summed E-state index contributed by atoms with van der Waals surface area (Å²) in [4.78, 5) is 16.8. The van der Waals surface area contributed by atoms with Crippen LogP contribution in [0.2, 0.25) is 0 Å². The minimum Gasteiger partial charge on any atom is -0.507 e. The number of aromatic hydroxyl groups is 1. The molecular formula is C25H27NO9. The van der Waals surface area contributed by atoms with Crippen LogP contribution in [0.4, 0.5) is 0 Å². The molecule has 0 amide bonds. The number of hydrogen-bond donors (Lipinski definition) is 5. The van der Waals surface area contributed by atoms with Gasteiger partial charge in [-0.3, -0.25) is 4.98 Å². The first-order chi connectivity index (χ1) is 16.6. The van der Waals surface area contributed by atoms with E-state index in [0.717, 1.165) is 0 Å². The topological polar surface area (TPSA) is 163 Å². The van der Waals surface area contributed by atoms with Gasteiger partial charge in [-0.2, -0.15) is 0 Å². The molecule has 1 aromatic carbocycles. The summed E-state index contributed by atoms with van der Waals surface area (Å²) in [6.07, 6.45) is -2.13. The summed E-state index contributed by atoms with van der Waals surface area (Å²) in [7, 11) is 1.34. The molecule has 2 aromatic heterocycles. The van der Waals surface area contributed by atoms with Crippen LogP contribution < -0.4 is 5.63 Å². The molecule has 1 fully saturated rings. The molecule has 1 aliphatic heterocycles. The van der Waals surface area contributed by atoms with Crippen molar-refractivity contribution < 1.29 is 39.4 Å². The number of rotatable bonds is 5. The van der Waals surface area contributed by atoms with Crippen LogP contribution in [-0.4, -0.2) is 68.1 Å². The fourth-order valence-corrected chi connectivity index (χ4v) is 4.52. The van der Waals surface area contributed by atoms with E-state index in [-0.39, 0.29) is 11.0 Å². The van der Waals surface area contributed by atoms with Gasteiger partial charge in [-0.25, -0.2) is 4.79 Å². The Morgan fingerprint density at radius 1 is 1.23 bits per heavy atom. The van der Waals surface area contributed by atoms with Crippen LogP contribution >= 0.6 is 0 Å². The average Bonchev–Trinajstić information content (AvgIpc) is 2.83. The highest BCUT2D eigenvalue weighted by Crippen LogP contribution is 2.42. The summed E-state index contributed by atoms with van der Waals surface area (Å²) in [6.45, 7) is 2.67. The van der Waals surface area contributed by atoms with Gasteiger partial charge in [-0.05, 0) is 43.2 Å². The van der Waals surface area contributed by atoms with Crippen LogP contribution in [0.5, 0.6) is 5.75 Å². The molecular weight excluding hydrogens is 458 g/mol. The van der Waals surface area contributed by atoms with Crippen molar-refractivity contribution in [2.75, 3.05) is 13.7 Å². The van der Waals surface area contributed by atoms with E-state index in [1.165, 1.54) is 25.4 Å². The van der Waals surface area contributed by atoms with Gasteiger partial charge in [0.25, 0.3) is 0 Å². The van der Waals surface area contributed by atoms with E-state index < -0.39 is 59.3 Å². The molecule has 0 saturated carbocycles. The fourth-order valence-electron chi connectivity index (χ4n) is 4.52. The minimum absolute atomic E-state index is 0.0178. The minimum atomic E-state index is -1.42. The van der Waals surface area contributed by atoms with E-state index in [0.29, 0.717) is 16.8 Å². The van der Waals surface area contributed by atoms with Gasteiger partial charge >= 0.3 is 5.63 Å². The molecule has 0 aliphatic carbocycles. The highest BCUT2D eigenvalue weighted by molar-refractivity contribution is 5.92. The predicted octanol–water partition coefficient (Wildman–Crippen LogP) is 1.82. The van der Waals surface area contributed by atoms with Crippen LogP contribution in [0.25, 0.3) is 22.8 Å². The molecule has 186 valence electrons. The number of hydrogen-bond acceptors (Lipinski definition) is 10. The molecule has 5 atom stereocenters. The van der Waals surface area contributed by atoms with Gasteiger partial charge in [0.05, 0.1) is 17.7 Å². The average molecular weight is 485 g/mol. The Morgan fingerprint density at radius 2 is 1.97 bits per heavy atom. The third-order valence-electron chi connectivity index (χ3n) is 6.41. The van der Waals surface area contributed by atoms with Gasteiger partial charge in [0.15, 0.2) is 0 Å². The molecule has 1 aliphatic rings. The van der Waals surface area contributed by atoms with Crippen molar-refractivity contribution in [3.63, 3.8) is 0 Å². The van der Waals surface area contributed by atoms with Gasteiger partial charge in [0.2, 0.25) is 0 Å². The van der Waals surface area contributed by atoms with Crippen LogP contribution in [-0.2, 0) is 9.47 Å². The zero-order valence-corrected chi connectivity index (χ0v) is 19.4. The Labute approximate surface area is 200 Å². The summed E-state index contributed by atoms with van der Waals surface area (Å²) in [5.74, 6) is -1.00. The first-order valence-electron chi connectivity index (χ1n) is 10.9. The first-order valence-corrected chi connectivity index (χ1v) is 10.9. The second-order valence-electron chi connectivity index (χ2n) is 8.70. The van der Waals surface area contributed by atoms with Crippen molar-refractivity contribution in [2.24, 2.45) is 0 Å². The van der Waals surface area contributed by atoms with Gasteiger partial charge in [-0.15, -0.1) is 0 Å². The monoisotopic (exact) mass is 485 g/mol. The Hall–Kier alpha value is -3.28. The van der Waals surface area contributed by atoms with E-state index in [2.05, 4.69) is 4.98 Å². The van der Waals surface area contributed by atoms with Crippen molar-refractivity contribution in [2.45, 2.75) is 43.9 Å². The van der Waals surface area contributed by atoms with Crippen molar-refractivity contribution in [1.82, 2.24) is 4.98 Å².